The summed E-state index contributed by atoms with van der Waals surface area (Å²) in [6.07, 6.45) is -0.456. The van der Waals surface area contributed by atoms with E-state index >= 15 is 0 Å². The maximum Gasteiger partial charge on any atom is 0.124 e. The molecule has 0 aliphatic heterocycles. The standard InChI is InChI=1S/C14H13ClFNO/c15-12-8-10(16)6-5-9(12)7-14(18)11-3-1-2-4-13(11)17/h1-6,8,14,18H,7,17H2. The summed E-state index contributed by atoms with van der Waals surface area (Å²) in [6.45, 7) is 0. The van der Waals surface area contributed by atoms with E-state index in [0.29, 0.717) is 28.3 Å². The molecule has 0 heterocycles. The summed E-state index contributed by atoms with van der Waals surface area (Å²) < 4.78 is 12.9. The van der Waals surface area contributed by atoms with E-state index in [4.69, 9.17) is 17.3 Å². The van der Waals surface area contributed by atoms with Crippen LogP contribution in [0.2, 0.25) is 5.02 Å². The highest BCUT2D eigenvalue weighted by molar-refractivity contribution is 6.31. The minimum Gasteiger partial charge on any atom is -0.398 e. The Morgan fingerprint density at radius 3 is 2.61 bits per heavy atom. The number of anilines is 1. The van der Waals surface area contributed by atoms with Gasteiger partial charge in [0.2, 0.25) is 0 Å². The van der Waals surface area contributed by atoms with Crippen molar-refractivity contribution >= 4 is 17.3 Å². The highest BCUT2D eigenvalue weighted by atomic mass is 35.5. The van der Waals surface area contributed by atoms with Crippen LogP contribution < -0.4 is 5.73 Å². The lowest BCUT2D eigenvalue weighted by Crippen LogP contribution is -2.05. The Labute approximate surface area is 110 Å². The molecule has 18 heavy (non-hydrogen) atoms. The molecular formula is C14H13ClFNO. The molecule has 0 bridgehead atoms. The van der Waals surface area contributed by atoms with Gasteiger partial charge in [0, 0.05) is 22.7 Å². The molecule has 0 radical (unpaired) electrons. The highest BCUT2D eigenvalue weighted by Crippen LogP contribution is 2.27. The number of halogens is 2. The Kier molecular flexibility index (Phi) is 3.84. The van der Waals surface area contributed by atoms with E-state index in [9.17, 15) is 9.50 Å². The molecule has 0 fully saturated rings. The average molecular weight is 266 g/mol. The van der Waals surface area contributed by atoms with E-state index in [0.717, 1.165) is 0 Å². The van der Waals surface area contributed by atoms with Crippen molar-refractivity contribution in [3.05, 3.63) is 64.4 Å². The number of nitrogen functional groups attached to an aromatic ring is 1. The molecule has 2 nitrogen and oxygen atoms in total. The van der Waals surface area contributed by atoms with Gasteiger partial charge in [-0.15, -0.1) is 0 Å². The van der Waals surface area contributed by atoms with Gasteiger partial charge in [0.05, 0.1) is 6.10 Å². The van der Waals surface area contributed by atoms with Crippen molar-refractivity contribution in [2.24, 2.45) is 0 Å². The normalized spacial score (nSPS) is 12.4. The fourth-order valence-corrected chi connectivity index (χ4v) is 2.06. The van der Waals surface area contributed by atoms with Crippen molar-refractivity contribution in [2.75, 3.05) is 5.73 Å². The fraction of sp³-hybridized carbons (Fsp3) is 0.143. The van der Waals surface area contributed by atoms with Gasteiger partial charge in [-0.05, 0) is 23.8 Å². The lowest BCUT2D eigenvalue weighted by atomic mass is 10.00. The molecule has 0 aliphatic carbocycles. The Hall–Kier alpha value is -1.58. The van der Waals surface area contributed by atoms with Crippen molar-refractivity contribution in [1.82, 2.24) is 0 Å². The third kappa shape index (κ3) is 2.81. The van der Waals surface area contributed by atoms with Crippen molar-refractivity contribution in [2.45, 2.75) is 12.5 Å². The fourth-order valence-electron chi connectivity index (χ4n) is 1.82. The number of para-hydroxylation sites is 1. The lowest BCUT2D eigenvalue weighted by Gasteiger charge is -2.14. The van der Waals surface area contributed by atoms with Crippen LogP contribution in [0.5, 0.6) is 0 Å². The molecule has 0 saturated carbocycles. The second kappa shape index (κ2) is 5.38. The van der Waals surface area contributed by atoms with E-state index in [1.165, 1.54) is 12.1 Å². The first-order valence-corrected chi connectivity index (χ1v) is 5.92. The molecule has 0 saturated heterocycles. The lowest BCUT2D eigenvalue weighted by molar-refractivity contribution is 0.179. The Bertz CT molecular complexity index is 559. The van der Waals surface area contributed by atoms with E-state index in [2.05, 4.69) is 0 Å². The summed E-state index contributed by atoms with van der Waals surface area (Å²) in [4.78, 5) is 0. The predicted octanol–water partition coefficient (Wildman–Crippen LogP) is 3.34. The number of aliphatic hydroxyl groups is 1. The Morgan fingerprint density at radius 1 is 1.22 bits per heavy atom. The SMILES string of the molecule is Nc1ccccc1C(O)Cc1ccc(F)cc1Cl. The van der Waals surface area contributed by atoms with E-state index in [1.807, 2.05) is 0 Å². The molecule has 3 N–H and O–H groups in total. The number of aliphatic hydroxyl groups excluding tert-OH is 1. The van der Waals surface area contributed by atoms with E-state index < -0.39 is 11.9 Å². The van der Waals surface area contributed by atoms with Crippen molar-refractivity contribution in [1.29, 1.82) is 0 Å². The average Bonchev–Trinajstić information content (AvgIpc) is 2.33. The predicted molar refractivity (Wildman–Crippen MR) is 70.9 cm³/mol. The molecule has 0 aliphatic rings. The third-order valence-electron chi connectivity index (χ3n) is 2.78. The Balaban J connectivity index is 2.21. The maximum absolute atomic E-state index is 12.9. The zero-order valence-corrected chi connectivity index (χ0v) is 10.4. The van der Waals surface area contributed by atoms with Crippen LogP contribution in [0.15, 0.2) is 42.5 Å². The first-order chi connectivity index (χ1) is 8.58. The second-order valence-corrected chi connectivity index (χ2v) is 4.49. The summed E-state index contributed by atoms with van der Waals surface area (Å²) >= 11 is 5.92. The number of rotatable bonds is 3. The quantitative estimate of drug-likeness (QED) is 0.836. The minimum absolute atomic E-state index is 0.299. The van der Waals surface area contributed by atoms with Crippen LogP contribution in [0, 0.1) is 5.82 Å². The summed E-state index contributed by atoms with van der Waals surface area (Å²) in [5.41, 5.74) is 7.65. The minimum atomic E-state index is -0.755. The topological polar surface area (TPSA) is 46.2 Å². The first-order valence-electron chi connectivity index (χ1n) is 5.54. The van der Waals surface area contributed by atoms with E-state index in [1.54, 1.807) is 30.3 Å². The smallest absolute Gasteiger partial charge is 0.124 e. The molecule has 94 valence electrons. The van der Waals surface area contributed by atoms with Crippen LogP contribution in [0.25, 0.3) is 0 Å². The largest absolute Gasteiger partial charge is 0.398 e. The van der Waals surface area contributed by atoms with Gasteiger partial charge >= 0.3 is 0 Å². The summed E-state index contributed by atoms with van der Waals surface area (Å²) in [6, 6.07) is 11.2. The van der Waals surface area contributed by atoms with Crippen LogP contribution in [0.3, 0.4) is 0 Å². The third-order valence-corrected chi connectivity index (χ3v) is 3.14. The van der Waals surface area contributed by atoms with Crippen molar-refractivity contribution in [3.8, 4) is 0 Å². The number of hydrogen-bond donors (Lipinski definition) is 2. The van der Waals surface area contributed by atoms with Crippen LogP contribution in [-0.2, 0) is 6.42 Å². The maximum atomic E-state index is 12.9. The van der Waals surface area contributed by atoms with Crippen LogP contribution in [-0.4, -0.2) is 5.11 Å². The van der Waals surface area contributed by atoms with Gasteiger partial charge in [-0.3, -0.25) is 0 Å². The second-order valence-electron chi connectivity index (χ2n) is 4.08. The van der Waals surface area contributed by atoms with Gasteiger partial charge in [-0.1, -0.05) is 35.9 Å². The van der Waals surface area contributed by atoms with Gasteiger partial charge in [0.1, 0.15) is 5.82 Å². The van der Waals surface area contributed by atoms with Gasteiger partial charge in [0.25, 0.3) is 0 Å². The monoisotopic (exact) mass is 265 g/mol. The molecular weight excluding hydrogens is 253 g/mol. The number of nitrogens with two attached hydrogens (primary N) is 1. The molecule has 1 unspecified atom stereocenters. The Morgan fingerprint density at radius 2 is 1.94 bits per heavy atom. The molecule has 2 aromatic carbocycles. The first kappa shape index (κ1) is 12.9. The zero-order valence-electron chi connectivity index (χ0n) is 9.61. The van der Waals surface area contributed by atoms with E-state index in [-0.39, 0.29) is 0 Å². The molecule has 2 rings (SSSR count). The summed E-state index contributed by atoms with van der Waals surface area (Å²) in [7, 11) is 0. The highest BCUT2D eigenvalue weighted by Gasteiger charge is 2.13. The van der Waals surface area contributed by atoms with Crippen LogP contribution in [0.4, 0.5) is 10.1 Å². The van der Waals surface area contributed by atoms with Gasteiger partial charge in [-0.25, -0.2) is 4.39 Å². The van der Waals surface area contributed by atoms with Crippen LogP contribution in [0.1, 0.15) is 17.2 Å². The molecule has 1 atom stereocenters. The molecule has 0 amide bonds. The molecule has 2 aromatic rings. The van der Waals surface area contributed by atoms with Gasteiger partial charge in [-0.2, -0.15) is 0 Å². The summed E-state index contributed by atoms with van der Waals surface area (Å²) in [5.74, 6) is -0.391. The summed E-state index contributed by atoms with van der Waals surface area (Å²) in [5, 5.41) is 10.4. The number of hydrogen-bond acceptors (Lipinski definition) is 2. The van der Waals surface area contributed by atoms with Gasteiger partial charge < -0.3 is 10.8 Å². The van der Waals surface area contributed by atoms with Crippen molar-refractivity contribution in [3.63, 3.8) is 0 Å². The molecule has 0 aromatic heterocycles. The van der Waals surface area contributed by atoms with Crippen LogP contribution >= 0.6 is 11.6 Å². The molecule has 4 heteroatoms. The van der Waals surface area contributed by atoms with Crippen molar-refractivity contribution < 1.29 is 9.50 Å². The molecule has 0 spiro atoms. The zero-order chi connectivity index (χ0) is 13.1. The number of benzene rings is 2. The van der Waals surface area contributed by atoms with Gasteiger partial charge in [0.15, 0.2) is 0 Å².